The van der Waals surface area contributed by atoms with E-state index in [0.29, 0.717) is 0 Å². The van der Waals surface area contributed by atoms with Gasteiger partial charge in [-0.3, -0.25) is 0 Å². The van der Waals surface area contributed by atoms with E-state index in [4.69, 9.17) is 0 Å². The number of hydrogen-bond acceptors (Lipinski definition) is 0. The van der Waals surface area contributed by atoms with Gasteiger partial charge in [0.25, 0.3) is 0 Å². The average molecular weight is 150 g/mol. The Kier molecular flexibility index (Phi) is 4.89. The van der Waals surface area contributed by atoms with Crippen LogP contribution in [0.25, 0.3) is 0 Å². The molecule has 0 radical (unpaired) electrons. The van der Waals surface area contributed by atoms with Crippen LogP contribution in [0.2, 0.25) is 0 Å². The van der Waals surface area contributed by atoms with Gasteiger partial charge in [-0.15, -0.1) is 5.73 Å². The smallest absolute Gasteiger partial charge is 0.0274 e. The first-order chi connectivity index (χ1) is 5.50. The van der Waals surface area contributed by atoms with Crippen molar-refractivity contribution in [2.45, 2.75) is 51.4 Å². The molecule has 0 atom stereocenters. The summed E-state index contributed by atoms with van der Waals surface area (Å²) in [4.78, 5) is 0. The zero-order valence-corrected chi connectivity index (χ0v) is 7.31. The first-order valence-corrected chi connectivity index (χ1v) is 4.89. The maximum absolute atomic E-state index is 3.23. The monoisotopic (exact) mass is 150 g/mol. The molecule has 0 aromatic carbocycles. The lowest BCUT2D eigenvalue weighted by Gasteiger charge is -1.97. The molecule has 0 spiro atoms. The van der Waals surface area contributed by atoms with E-state index in [0.717, 1.165) is 0 Å². The van der Waals surface area contributed by atoms with Gasteiger partial charge < -0.3 is 0 Å². The largest absolute Gasteiger partial charge is 0.130 e. The van der Waals surface area contributed by atoms with Crippen molar-refractivity contribution >= 4 is 0 Å². The molecular formula is C11H18. The molecule has 0 unspecified atom stereocenters. The quantitative estimate of drug-likeness (QED) is 0.460. The highest BCUT2D eigenvalue weighted by Gasteiger charge is 1.90. The van der Waals surface area contributed by atoms with Crippen LogP contribution in [-0.2, 0) is 0 Å². The highest BCUT2D eigenvalue weighted by Crippen LogP contribution is 2.09. The average Bonchev–Trinajstić information content (AvgIpc) is 2.08. The minimum absolute atomic E-state index is 1.23. The minimum Gasteiger partial charge on any atom is -0.130 e. The van der Waals surface area contributed by atoms with Gasteiger partial charge in [-0.25, -0.2) is 0 Å². The van der Waals surface area contributed by atoms with E-state index in [2.05, 4.69) is 17.9 Å². The number of allylic oxidation sites excluding steroid dienone is 1. The van der Waals surface area contributed by atoms with Crippen LogP contribution in [0.1, 0.15) is 51.4 Å². The lowest BCUT2D eigenvalue weighted by atomic mass is 10.1. The topological polar surface area (TPSA) is 0 Å². The van der Waals surface area contributed by atoms with Gasteiger partial charge in [0.15, 0.2) is 0 Å². The highest BCUT2D eigenvalue weighted by atomic mass is 14.0. The van der Waals surface area contributed by atoms with E-state index < -0.39 is 0 Å². The maximum Gasteiger partial charge on any atom is -0.0274 e. The number of rotatable bonds is 0. The molecule has 0 N–H and O–H groups in total. The van der Waals surface area contributed by atoms with Gasteiger partial charge in [0.1, 0.15) is 0 Å². The van der Waals surface area contributed by atoms with Crippen LogP contribution in [0, 0.1) is 0 Å². The summed E-state index contributed by atoms with van der Waals surface area (Å²) in [7, 11) is 0. The third kappa shape index (κ3) is 4.86. The Morgan fingerprint density at radius 3 is 1.64 bits per heavy atom. The normalized spacial score (nSPS) is 21.1. The van der Waals surface area contributed by atoms with Gasteiger partial charge in [-0.05, 0) is 37.8 Å². The van der Waals surface area contributed by atoms with Crippen molar-refractivity contribution < 1.29 is 0 Å². The van der Waals surface area contributed by atoms with Crippen molar-refractivity contribution in [3.63, 3.8) is 0 Å². The SMILES string of the molecule is C1=CCCCCCCCCC=1. The molecule has 1 aliphatic carbocycles. The van der Waals surface area contributed by atoms with Crippen molar-refractivity contribution in [1.29, 1.82) is 0 Å². The van der Waals surface area contributed by atoms with Crippen molar-refractivity contribution in [3.8, 4) is 0 Å². The van der Waals surface area contributed by atoms with Crippen LogP contribution in [0.3, 0.4) is 0 Å². The van der Waals surface area contributed by atoms with E-state index in [1.807, 2.05) is 0 Å². The van der Waals surface area contributed by atoms with Gasteiger partial charge in [0.2, 0.25) is 0 Å². The first kappa shape index (κ1) is 8.62. The first-order valence-electron chi connectivity index (χ1n) is 4.89. The molecule has 0 heterocycles. The molecule has 0 nitrogen and oxygen atoms in total. The second-order valence-electron chi connectivity index (χ2n) is 3.27. The highest BCUT2D eigenvalue weighted by molar-refractivity contribution is 4.84. The van der Waals surface area contributed by atoms with Crippen molar-refractivity contribution in [2.75, 3.05) is 0 Å². The third-order valence-electron chi connectivity index (χ3n) is 2.18. The molecule has 0 amide bonds. The molecule has 1 rings (SSSR count). The predicted octanol–water partition coefficient (Wildman–Crippen LogP) is 3.83. The molecule has 0 bridgehead atoms. The van der Waals surface area contributed by atoms with Crippen molar-refractivity contribution in [3.05, 3.63) is 17.9 Å². The van der Waals surface area contributed by atoms with Crippen LogP contribution >= 0.6 is 0 Å². The summed E-state index contributed by atoms with van der Waals surface area (Å²) in [6, 6.07) is 0. The third-order valence-corrected chi connectivity index (χ3v) is 2.18. The van der Waals surface area contributed by atoms with Crippen molar-refractivity contribution in [2.24, 2.45) is 0 Å². The Bertz CT molecular complexity index is 124. The molecule has 1 aliphatic rings. The van der Waals surface area contributed by atoms with Gasteiger partial charge >= 0.3 is 0 Å². The molecule has 62 valence electrons. The summed E-state index contributed by atoms with van der Waals surface area (Å²) in [6.45, 7) is 0. The summed E-state index contributed by atoms with van der Waals surface area (Å²) in [5, 5.41) is 0. The second kappa shape index (κ2) is 6.24. The summed E-state index contributed by atoms with van der Waals surface area (Å²) in [5.74, 6) is 0. The predicted molar refractivity (Wildman–Crippen MR) is 49.6 cm³/mol. The van der Waals surface area contributed by atoms with E-state index in [9.17, 15) is 0 Å². The Morgan fingerprint density at radius 2 is 1.09 bits per heavy atom. The fraction of sp³-hybridized carbons (Fsp3) is 0.727. The molecular weight excluding hydrogens is 132 g/mol. The second-order valence-corrected chi connectivity index (χ2v) is 3.27. The standard InChI is InChI=1S/C11H18/c1-2-4-6-8-10-11-9-7-5-3-1/h1,5H,2,4,6-11H2. The van der Waals surface area contributed by atoms with Crippen LogP contribution in [0.15, 0.2) is 17.9 Å². The van der Waals surface area contributed by atoms with Gasteiger partial charge in [0, 0.05) is 0 Å². The molecule has 0 heteroatoms. The molecule has 0 fully saturated rings. The van der Waals surface area contributed by atoms with E-state index in [1.165, 1.54) is 51.4 Å². The zero-order chi connectivity index (χ0) is 7.78. The summed E-state index contributed by atoms with van der Waals surface area (Å²) in [6.07, 6.45) is 15.3. The van der Waals surface area contributed by atoms with Gasteiger partial charge in [0.05, 0.1) is 0 Å². The summed E-state index contributed by atoms with van der Waals surface area (Å²) >= 11 is 0. The Hall–Kier alpha value is -0.480. The molecule has 0 aromatic heterocycles. The van der Waals surface area contributed by atoms with Crippen LogP contribution in [0.5, 0.6) is 0 Å². The molecule has 0 aromatic rings. The fourth-order valence-electron chi connectivity index (χ4n) is 1.45. The lowest BCUT2D eigenvalue weighted by molar-refractivity contribution is 0.602. The Labute approximate surface area is 70.0 Å². The Balaban J connectivity index is 2.23. The van der Waals surface area contributed by atoms with Gasteiger partial charge in [-0.2, -0.15) is 0 Å². The molecule has 0 saturated heterocycles. The van der Waals surface area contributed by atoms with Crippen LogP contribution in [0.4, 0.5) is 0 Å². The summed E-state index contributed by atoms with van der Waals surface area (Å²) in [5.41, 5.74) is 3.23. The van der Waals surface area contributed by atoms with Crippen LogP contribution < -0.4 is 0 Å². The van der Waals surface area contributed by atoms with E-state index in [-0.39, 0.29) is 0 Å². The van der Waals surface area contributed by atoms with Crippen molar-refractivity contribution in [1.82, 2.24) is 0 Å². The van der Waals surface area contributed by atoms with Gasteiger partial charge in [-0.1, -0.05) is 25.7 Å². The molecule has 0 aliphatic heterocycles. The molecule has 11 heavy (non-hydrogen) atoms. The van der Waals surface area contributed by atoms with E-state index in [1.54, 1.807) is 0 Å². The zero-order valence-electron chi connectivity index (χ0n) is 7.31. The molecule has 0 saturated carbocycles. The minimum atomic E-state index is 1.23. The van der Waals surface area contributed by atoms with Crippen LogP contribution in [-0.4, -0.2) is 0 Å². The van der Waals surface area contributed by atoms with E-state index >= 15 is 0 Å². The summed E-state index contributed by atoms with van der Waals surface area (Å²) < 4.78 is 0. The number of hydrogen-bond donors (Lipinski definition) is 0. The maximum atomic E-state index is 3.23. The fourth-order valence-corrected chi connectivity index (χ4v) is 1.45. The lowest BCUT2D eigenvalue weighted by Crippen LogP contribution is -1.77. The Morgan fingerprint density at radius 1 is 0.636 bits per heavy atom.